The fraction of sp³-hybridized carbons (Fsp3) is 0.562. The highest BCUT2D eigenvalue weighted by Gasteiger charge is 2.39. The Morgan fingerprint density at radius 1 is 1.38 bits per heavy atom. The van der Waals surface area contributed by atoms with Gasteiger partial charge in [-0.2, -0.15) is 5.06 Å². The molecule has 0 saturated carbocycles. The summed E-state index contributed by atoms with van der Waals surface area (Å²) in [7, 11) is 1.41. The van der Waals surface area contributed by atoms with Crippen molar-refractivity contribution in [2.75, 3.05) is 18.7 Å². The summed E-state index contributed by atoms with van der Waals surface area (Å²) >= 11 is 3.25. The lowest BCUT2D eigenvalue weighted by molar-refractivity contribution is -0.129. The molecule has 1 atom stereocenters. The molecule has 24 heavy (non-hydrogen) atoms. The van der Waals surface area contributed by atoms with E-state index < -0.39 is 17.7 Å². The predicted molar refractivity (Wildman–Crippen MR) is 92.4 cm³/mol. The van der Waals surface area contributed by atoms with Gasteiger partial charge in [-0.05, 0) is 61.7 Å². The second-order valence-corrected chi connectivity index (χ2v) is 7.30. The first-order chi connectivity index (χ1) is 11.2. The first-order valence-electron chi connectivity index (χ1n) is 7.72. The molecule has 2 amide bonds. The molecular weight excluding hydrogens is 378 g/mol. The number of hydroxylamine groups is 1. The number of hydrogen-bond donors (Lipinski definition) is 0. The highest BCUT2D eigenvalue weighted by molar-refractivity contribution is 9.10. The molecule has 0 N–H and O–H groups in total. The molecular formula is C16H22BrN3O4. The van der Waals surface area contributed by atoms with Crippen molar-refractivity contribution in [1.82, 2.24) is 9.88 Å². The second-order valence-electron chi connectivity index (χ2n) is 6.49. The van der Waals surface area contributed by atoms with E-state index in [4.69, 9.17) is 9.57 Å². The van der Waals surface area contributed by atoms with E-state index in [1.165, 1.54) is 18.2 Å². The van der Waals surface area contributed by atoms with Crippen molar-refractivity contribution in [3.05, 3.63) is 22.9 Å². The molecule has 1 aromatic rings. The summed E-state index contributed by atoms with van der Waals surface area (Å²) in [5.74, 6) is -0.315. The van der Waals surface area contributed by atoms with Crippen molar-refractivity contribution in [2.24, 2.45) is 0 Å². The quantitative estimate of drug-likeness (QED) is 0.576. The topological polar surface area (TPSA) is 72.0 Å². The number of amides is 2. The van der Waals surface area contributed by atoms with Gasteiger partial charge in [0.1, 0.15) is 16.2 Å². The van der Waals surface area contributed by atoms with Crippen LogP contribution in [0.25, 0.3) is 0 Å². The fourth-order valence-corrected chi connectivity index (χ4v) is 2.74. The number of pyridine rings is 1. The highest BCUT2D eigenvalue weighted by atomic mass is 79.9. The molecule has 1 saturated heterocycles. The normalized spacial score (nSPS) is 17.7. The van der Waals surface area contributed by atoms with Gasteiger partial charge in [0.05, 0.1) is 19.0 Å². The third-order valence-electron chi connectivity index (χ3n) is 3.49. The Bertz CT molecular complexity index is 600. The maximum atomic E-state index is 12.9. The number of halogens is 1. The molecule has 0 radical (unpaired) electrons. The van der Waals surface area contributed by atoms with Gasteiger partial charge < -0.3 is 4.74 Å². The molecule has 2 heterocycles. The highest BCUT2D eigenvalue weighted by Crippen LogP contribution is 2.25. The molecule has 0 aromatic carbocycles. The molecule has 1 aliphatic heterocycles. The number of anilines is 1. The molecule has 1 fully saturated rings. The average Bonchev–Trinajstić information content (AvgIpc) is 2.97. The number of hydrogen-bond acceptors (Lipinski definition) is 5. The number of carbonyl (C=O) groups is 2. The Balaban J connectivity index is 2.16. The minimum Gasteiger partial charge on any atom is -0.444 e. The van der Waals surface area contributed by atoms with Crippen LogP contribution in [-0.4, -0.2) is 47.2 Å². The Morgan fingerprint density at radius 3 is 2.62 bits per heavy atom. The fourth-order valence-electron chi connectivity index (χ4n) is 2.51. The first kappa shape index (κ1) is 18.7. The minimum absolute atomic E-state index is 0.315. The molecule has 7 nitrogen and oxygen atoms in total. The lowest BCUT2D eigenvalue weighted by Gasteiger charge is -2.30. The summed E-state index contributed by atoms with van der Waals surface area (Å²) in [5, 5.41) is 1.16. The van der Waals surface area contributed by atoms with Gasteiger partial charge in [0.2, 0.25) is 0 Å². The van der Waals surface area contributed by atoms with E-state index in [1.807, 2.05) is 0 Å². The van der Waals surface area contributed by atoms with E-state index in [0.29, 0.717) is 23.3 Å². The summed E-state index contributed by atoms with van der Waals surface area (Å²) in [5.41, 5.74) is -0.106. The van der Waals surface area contributed by atoms with Crippen molar-refractivity contribution < 1.29 is 19.2 Å². The summed E-state index contributed by atoms with van der Waals surface area (Å²) in [4.78, 5) is 36.0. The van der Waals surface area contributed by atoms with Crippen molar-refractivity contribution in [3.63, 3.8) is 0 Å². The molecule has 0 aliphatic carbocycles. The second kappa shape index (κ2) is 7.48. The van der Waals surface area contributed by atoms with Gasteiger partial charge in [0.25, 0.3) is 5.91 Å². The Labute approximate surface area is 150 Å². The minimum atomic E-state index is -0.608. The predicted octanol–water partition coefficient (Wildman–Crippen LogP) is 3.14. The molecule has 2 rings (SSSR count). The zero-order valence-corrected chi connectivity index (χ0v) is 15.9. The van der Waals surface area contributed by atoms with E-state index in [-0.39, 0.29) is 5.91 Å². The van der Waals surface area contributed by atoms with Gasteiger partial charge in [-0.25, -0.2) is 9.78 Å². The van der Waals surface area contributed by atoms with Crippen molar-refractivity contribution >= 4 is 33.6 Å². The van der Waals surface area contributed by atoms with Gasteiger partial charge in [0.15, 0.2) is 0 Å². The third-order valence-corrected chi connectivity index (χ3v) is 3.96. The van der Waals surface area contributed by atoms with Crippen LogP contribution in [0.2, 0.25) is 0 Å². The maximum Gasteiger partial charge on any atom is 0.410 e. The lowest BCUT2D eigenvalue weighted by atomic mass is 10.2. The van der Waals surface area contributed by atoms with Crippen LogP contribution in [0.5, 0.6) is 0 Å². The van der Waals surface area contributed by atoms with E-state index in [2.05, 4.69) is 20.9 Å². The Morgan fingerprint density at radius 2 is 2.08 bits per heavy atom. The SMILES string of the molecule is CON(C(=O)C1CCCN1C(=O)OC(C)(C)C)c1ccc(Br)nc1. The van der Waals surface area contributed by atoms with Crippen LogP contribution in [0.4, 0.5) is 10.5 Å². The van der Waals surface area contributed by atoms with Crippen LogP contribution in [0.15, 0.2) is 22.9 Å². The smallest absolute Gasteiger partial charge is 0.410 e. The summed E-state index contributed by atoms with van der Waals surface area (Å²) in [6, 6.07) is 2.82. The van der Waals surface area contributed by atoms with E-state index in [0.717, 1.165) is 11.5 Å². The Hall–Kier alpha value is -1.67. The van der Waals surface area contributed by atoms with Crippen molar-refractivity contribution in [1.29, 1.82) is 0 Å². The summed E-state index contributed by atoms with van der Waals surface area (Å²) < 4.78 is 6.05. The molecule has 1 unspecified atom stereocenters. The zero-order chi connectivity index (χ0) is 17.9. The van der Waals surface area contributed by atoms with E-state index in [1.54, 1.807) is 32.9 Å². The zero-order valence-electron chi connectivity index (χ0n) is 14.3. The third kappa shape index (κ3) is 4.45. The number of ether oxygens (including phenoxy) is 1. The van der Waals surface area contributed by atoms with Crippen LogP contribution < -0.4 is 5.06 Å². The molecule has 1 aromatic heterocycles. The van der Waals surface area contributed by atoms with E-state index in [9.17, 15) is 9.59 Å². The first-order valence-corrected chi connectivity index (χ1v) is 8.51. The number of carbonyl (C=O) groups excluding carboxylic acids is 2. The number of rotatable bonds is 3. The van der Waals surface area contributed by atoms with Crippen LogP contribution in [0, 0.1) is 0 Å². The van der Waals surface area contributed by atoms with Crippen LogP contribution in [0.1, 0.15) is 33.6 Å². The lowest BCUT2D eigenvalue weighted by Crippen LogP contribution is -2.49. The van der Waals surface area contributed by atoms with Gasteiger partial charge in [0, 0.05) is 6.54 Å². The molecule has 132 valence electrons. The maximum absolute atomic E-state index is 12.9. The standard InChI is InChI=1S/C16H22BrN3O4/c1-16(2,3)24-15(22)19-9-5-6-12(19)14(21)20(23-4)11-7-8-13(17)18-10-11/h7-8,10,12H,5-6,9H2,1-4H3. The van der Waals surface area contributed by atoms with Crippen molar-refractivity contribution in [2.45, 2.75) is 45.3 Å². The molecule has 0 bridgehead atoms. The Kier molecular flexibility index (Phi) is 5.82. The molecule has 0 spiro atoms. The number of aromatic nitrogens is 1. The number of likely N-dealkylation sites (tertiary alicyclic amines) is 1. The average molecular weight is 400 g/mol. The van der Waals surface area contributed by atoms with Crippen molar-refractivity contribution in [3.8, 4) is 0 Å². The van der Waals surface area contributed by atoms with Crippen LogP contribution in [0.3, 0.4) is 0 Å². The van der Waals surface area contributed by atoms with E-state index >= 15 is 0 Å². The van der Waals surface area contributed by atoms with Gasteiger partial charge in [-0.3, -0.25) is 14.5 Å². The van der Waals surface area contributed by atoms with Crippen LogP contribution in [-0.2, 0) is 14.4 Å². The van der Waals surface area contributed by atoms with Crippen LogP contribution >= 0.6 is 15.9 Å². The summed E-state index contributed by atoms with van der Waals surface area (Å²) in [6.45, 7) is 5.88. The number of nitrogens with zero attached hydrogens (tertiary/aromatic N) is 3. The van der Waals surface area contributed by atoms with Gasteiger partial charge in [-0.15, -0.1) is 0 Å². The monoisotopic (exact) mass is 399 g/mol. The van der Waals surface area contributed by atoms with Gasteiger partial charge >= 0.3 is 6.09 Å². The summed E-state index contributed by atoms with van der Waals surface area (Å²) in [6.07, 6.45) is 2.36. The van der Waals surface area contributed by atoms with Gasteiger partial charge in [-0.1, -0.05) is 0 Å². The largest absolute Gasteiger partial charge is 0.444 e. The molecule has 8 heteroatoms. The molecule has 1 aliphatic rings.